The number of nitrogens with zero attached hydrogens (tertiary/aromatic N) is 2. The van der Waals surface area contributed by atoms with Gasteiger partial charge in [0.15, 0.2) is 0 Å². The van der Waals surface area contributed by atoms with Crippen LogP contribution >= 0.6 is 0 Å². The lowest BCUT2D eigenvalue weighted by Crippen LogP contribution is -2.39. The van der Waals surface area contributed by atoms with Gasteiger partial charge in [0.1, 0.15) is 0 Å². The predicted molar refractivity (Wildman–Crippen MR) is 74.9 cm³/mol. The first-order chi connectivity index (χ1) is 10.4. The molecule has 0 aliphatic carbocycles. The smallest absolute Gasteiger partial charge is 0.324 e. The van der Waals surface area contributed by atoms with Crippen molar-refractivity contribution in [2.24, 2.45) is 5.92 Å². The summed E-state index contributed by atoms with van der Waals surface area (Å²) >= 11 is 0. The van der Waals surface area contributed by atoms with Crippen LogP contribution in [0.25, 0.3) is 0 Å². The molecule has 1 aliphatic rings. The van der Waals surface area contributed by atoms with E-state index >= 15 is 0 Å². The van der Waals surface area contributed by atoms with Crippen molar-refractivity contribution in [3.05, 3.63) is 29.8 Å². The minimum atomic E-state index is -4.50. The van der Waals surface area contributed by atoms with E-state index in [4.69, 9.17) is 5.26 Å². The number of hydrogen-bond donors (Lipinski definition) is 1. The third-order valence-electron chi connectivity index (χ3n) is 3.64. The number of halogens is 3. The molecule has 1 amide bonds. The van der Waals surface area contributed by atoms with Gasteiger partial charge in [-0.1, -0.05) is 12.1 Å². The van der Waals surface area contributed by atoms with E-state index in [2.05, 4.69) is 11.4 Å². The van der Waals surface area contributed by atoms with Crippen LogP contribution < -0.4 is 5.32 Å². The van der Waals surface area contributed by atoms with Crippen LogP contribution in [0.2, 0.25) is 0 Å². The number of carbonyl (C=O) groups excluding carboxylic acids is 1. The lowest BCUT2D eigenvalue weighted by molar-refractivity contribution is -0.137. The van der Waals surface area contributed by atoms with Crippen LogP contribution in [0.15, 0.2) is 24.3 Å². The maximum Gasteiger partial charge on any atom is 0.418 e. The fourth-order valence-corrected chi connectivity index (χ4v) is 2.45. The summed E-state index contributed by atoms with van der Waals surface area (Å²) in [4.78, 5) is 13.8. The van der Waals surface area contributed by atoms with Crippen molar-refractivity contribution in [3.8, 4) is 6.07 Å². The summed E-state index contributed by atoms with van der Waals surface area (Å²) in [5.74, 6) is -0.475. The second-order valence-electron chi connectivity index (χ2n) is 5.27. The van der Waals surface area contributed by atoms with Gasteiger partial charge in [-0.3, -0.25) is 9.69 Å². The van der Waals surface area contributed by atoms with Crippen molar-refractivity contribution in [2.45, 2.75) is 19.0 Å². The summed E-state index contributed by atoms with van der Waals surface area (Å²) in [6, 6.07) is 7.10. The minimum absolute atomic E-state index is 0.00488. The molecule has 0 spiro atoms. The highest BCUT2D eigenvalue weighted by Gasteiger charge is 2.33. The Hall–Kier alpha value is -2.07. The average Bonchev–Trinajstić information content (AvgIpc) is 2.47. The Bertz CT molecular complexity index is 572. The van der Waals surface area contributed by atoms with Gasteiger partial charge in [0, 0.05) is 5.92 Å². The Morgan fingerprint density at radius 2 is 1.95 bits per heavy atom. The molecular weight excluding hydrogens is 295 g/mol. The summed E-state index contributed by atoms with van der Waals surface area (Å²) in [6.45, 7) is 1.24. The maximum atomic E-state index is 12.8. The van der Waals surface area contributed by atoms with E-state index in [0.29, 0.717) is 25.9 Å². The maximum absolute atomic E-state index is 12.8. The first kappa shape index (κ1) is 16.3. The zero-order valence-electron chi connectivity index (χ0n) is 11.9. The molecule has 0 bridgehead atoms. The molecule has 4 nitrogen and oxygen atoms in total. The van der Waals surface area contributed by atoms with E-state index in [1.54, 1.807) is 0 Å². The van der Waals surface area contributed by atoms with Gasteiger partial charge in [-0.05, 0) is 38.1 Å². The van der Waals surface area contributed by atoms with E-state index in [-0.39, 0.29) is 18.2 Å². The molecule has 1 heterocycles. The number of hydrogen-bond acceptors (Lipinski definition) is 3. The normalized spacial score (nSPS) is 17.0. The number of piperidine rings is 1. The van der Waals surface area contributed by atoms with Crippen LogP contribution in [-0.2, 0) is 11.0 Å². The van der Waals surface area contributed by atoms with Crippen molar-refractivity contribution in [1.82, 2.24) is 4.90 Å². The van der Waals surface area contributed by atoms with Crippen LogP contribution in [0.1, 0.15) is 18.4 Å². The standard InChI is InChI=1S/C15H16F3N3O/c16-15(17,18)12-3-1-2-4-13(12)20-14(22)10-21-7-5-11(9-19)6-8-21/h1-4,11H,5-8,10H2,(H,20,22). The van der Waals surface area contributed by atoms with Crippen LogP contribution in [0.5, 0.6) is 0 Å². The van der Waals surface area contributed by atoms with Gasteiger partial charge in [0.25, 0.3) is 0 Å². The van der Waals surface area contributed by atoms with Gasteiger partial charge >= 0.3 is 6.18 Å². The van der Waals surface area contributed by atoms with E-state index in [9.17, 15) is 18.0 Å². The fourth-order valence-electron chi connectivity index (χ4n) is 2.45. The third-order valence-corrected chi connectivity index (χ3v) is 3.64. The van der Waals surface area contributed by atoms with Crippen molar-refractivity contribution in [2.75, 3.05) is 25.0 Å². The Balaban J connectivity index is 1.95. The Kier molecular flexibility index (Phi) is 5.03. The van der Waals surface area contributed by atoms with Crippen molar-refractivity contribution in [1.29, 1.82) is 5.26 Å². The summed E-state index contributed by atoms with van der Waals surface area (Å²) in [7, 11) is 0. The molecule has 0 saturated carbocycles. The highest BCUT2D eigenvalue weighted by molar-refractivity contribution is 5.93. The summed E-state index contributed by atoms with van der Waals surface area (Å²) in [5.41, 5.74) is -1.08. The zero-order chi connectivity index (χ0) is 16.2. The second kappa shape index (κ2) is 6.79. The number of alkyl halides is 3. The molecule has 0 aromatic heterocycles. The van der Waals surface area contributed by atoms with E-state index < -0.39 is 17.6 Å². The monoisotopic (exact) mass is 311 g/mol. The van der Waals surface area contributed by atoms with Crippen LogP contribution in [0, 0.1) is 17.2 Å². The highest BCUT2D eigenvalue weighted by atomic mass is 19.4. The van der Waals surface area contributed by atoms with Crippen LogP contribution in [0.3, 0.4) is 0 Å². The van der Waals surface area contributed by atoms with E-state index in [1.165, 1.54) is 18.2 Å². The highest BCUT2D eigenvalue weighted by Crippen LogP contribution is 2.34. The number of carbonyl (C=O) groups is 1. The molecule has 1 aromatic carbocycles. The van der Waals surface area contributed by atoms with Gasteiger partial charge in [-0.2, -0.15) is 18.4 Å². The average molecular weight is 311 g/mol. The molecule has 1 aromatic rings. The molecule has 0 atom stereocenters. The van der Waals surface area contributed by atoms with E-state index in [0.717, 1.165) is 6.07 Å². The molecule has 22 heavy (non-hydrogen) atoms. The van der Waals surface area contributed by atoms with Gasteiger partial charge in [-0.25, -0.2) is 0 Å². The number of rotatable bonds is 3. The number of benzene rings is 1. The first-order valence-electron chi connectivity index (χ1n) is 6.98. The quantitative estimate of drug-likeness (QED) is 0.934. The number of para-hydroxylation sites is 1. The van der Waals surface area contributed by atoms with Gasteiger partial charge < -0.3 is 5.32 Å². The van der Waals surface area contributed by atoms with Crippen LogP contribution in [0.4, 0.5) is 18.9 Å². The Morgan fingerprint density at radius 3 is 2.55 bits per heavy atom. The third kappa shape index (κ3) is 4.21. The predicted octanol–water partition coefficient (Wildman–Crippen LogP) is 2.88. The van der Waals surface area contributed by atoms with E-state index in [1.807, 2.05) is 4.90 Å². The molecule has 1 N–H and O–H groups in total. The molecule has 1 aliphatic heterocycles. The van der Waals surface area contributed by atoms with Gasteiger partial charge in [0.2, 0.25) is 5.91 Å². The van der Waals surface area contributed by atoms with Gasteiger partial charge in [-0.15, -0.1) is 0 Å². The van der Waals surface area contributed by atoms with Gasteiger partial charge in [0.05, 0.1) is 23.9 Å². The molecule has 1 saturated heterocycles. The van der Waals surface area contributed by atoms with Crippen LogP contribution in [-0.4, -0.2) is 30.4 Å². The zero-order valence-corrected chi connectivity index (χ0v) is 11.9. The second-order valence-corrected chi connectivity index (χ2v) is 5.27. The number of amides is 1. The van der Waals surface area contributed by atoms with Crippen molar-refractivity contribution in [3.63, 3.8) is 0 Å². The molecular formula is C15H16F3N3O. The number of anilines is 1. The largest absolute Gasteiger partial charge is 0.418 e. The van der Waals surface area contributed by atoms with Crippen molar-refractivity contribution < 1.29 is 18.0 Å². The summed E-state index contributed by atoms with van der Waals surface area (Å²) in [6.07, 6.45) is -3.14. The lowest BCUT2D eigenvalue weighted by Gasteiger charge is -2.28. The summed E-state index contributed by atoms with van der Waals surface area (Å²) < 4.78 is 38.5. The number of nitrogens with one attached hydrogen (secondary N) is 1. The molecule has 2 rings (SSSR count). The molecule has 118 valence electrons. The topological polar surface area (TPSA) is 56.1 Å². The Labute approximate surface area is 126 Å². The minimum Gasteiger partial charge on any atom is -0.324 e. The fraction of sp³-hybridized carbons (Fsp3) is 0.467. The Morgan fingerprint density at radius 1 is 1.32 bits per heavy atom. The lowest BCUT2D eigenvalue weighted by atomic mass is 9.99. The first-order valence-corrected chi connectivity index (χ1v) is 6.98. The van der Waals surface area contributed by atoms with Crippen molar-refractivity contribution >= 4 is 11.6 Å². The molecule has 7 heteroatoms. The molecule has 1 fully saturated rings. The molecule has 0 unspecified atom stereocenters. The number of likely N-dealkylation sites (tertiary alicyclic amines) is 1. The summed E-state index contributed by atoms with van der Waals surface area (Å²) in [5, 5.41) is 11.1. The molecule has 0 radical (unpaired) electrons. The SMILES string of the molecule is N#CC1CCN(CC(=O)Nc2ccccc2C(F)(F)F)CC1. The number of nitriles is 1.